The fourth-order valence-electron chi connectivity index (χ4n) is 3.35. The van der Waals surface area contributed by atoms with E-state index in [2.05, 4.69) is 4.98 Å². The van der Waals surface area contributed by atoms with Crippen molar-refractivity contribution in [2.45, 2.75) is 37.9 Å². The van der Waals surface area contributed by atoms with E-state index < -0.39 is 12.2 Å². The molecular formula is C15H20N2O3. The number of pyridine rings is 1. The molecule has 1 saturated heterocycles. The molecule has 1 spiro atoms. The first-order valence-corrected chi connectivity index (χ1v) is 7.16. The van der Waals surface area contributed by atoms with Crippen molar-refractivity contribution in [3.05, 3.63) is 30.1 Å². The lowest BCUT2D eigenvalue weighted by Gasteiger charge is -2.55. The number of nitrogens with zero attached hydrogens (tertiary/aromatic N) is 2. The van der Waals surface area contributed by atoms with Crippen molar-refractivity contribution in [1.29, 1.82) is 0 Å². The number of aliphatic hydroxyl groups is 2. The van der Waals surface area contributed by atoms with Crippen molar-refractivity contribution < 1.29 is 15.0 Å². The number of rotatable bonds is 2. The van der Waals surface area contributed by atoms with Gasteiger partial charge in [-0.1, -0.05) is 6.07 Å². The first-order chi connectivity index (χ1) is 9.62. The minimum atomic E-state index is -0.412. The van der Waals surface area contributed by atoms with E-state index in [1.54, 1.807) is 6.20 Å². The van der Waals surface area contributed by atoms with E-state index in [9.17, 15) is 15.0 Å². The smallest absolute Gasteiger partial charge is 0.228 e. The van der Waals surface area contributed by atoms with E-state index in [-0.39, 0.29) is 11.3 Å². The van der Waals surface area contributed by atoms with Gasteiger partial charge in [-0.15, -0.1) is 0 Å². The van der Waals surface area contributed by atoms with Crippen molar-refractivity contribution in [2.24, 2.45) is 5.41 Å². The van der Waals surface area contributed by atoms with Gasteiger partial charge in [-0.3, -0.25) is 9.78 Å². The maximum absolute atomic E-state index is 12.2. The van der Waals surface area contributed by atoms with E-state index >= 15 is 0 Å². The van der Waals surface area contributed by atoms with Gasteiger partial charge < -0.3 is 15.1 Å². The quantitative estimate of drug-likeness (QED) is 0.818. The van der Waals surface area contributed by atoms with Crippen LogP contribution in [0.15, 0.2) is 24.4 Å². The van der Waals surface area contributed by atoms with Crippen molar-refractivity contribution in [1.82, 2.24) is 9.88 Å². The van der Waals surface area contributed by atoms with Gasteiger partial charge in [-0.05, 0) is 25.0 Å². The highest BCUT2D eigenvalue weighted by molar-refractivity contribution is 5.78. The summed E-state index contributed by atoms with van der Waals surface area (Å²) in [6.45, 7) is 1.22. The predicted molar refractivity (Wildman–Crippen MR) is 72.8 cm³/mol. The highest BCUT2D eigenvalue weighted by atomic mass is 16.3. The van der Waals surface area contributed by atoms with Gasteiger partial charge >= 0.3 is 0 Å². The molecular weight excluding hydrogens is 256 g/mol. The Morgan fingerprint density at radius 1 is 1.30 bits per heavy atom. The summed E-state index contributed by atoms with van der Waals surface area (Å²) in [7, 11) is 0. The second kappa shape index (κ2) is 5.14. The van der Waals surface area contributed by atoms with Crippen LogP contribution in [0.2, 0.25) is 0 Å². The van der Waals surface area contributed by atoms with Crippen LogP contribution in [0.4, 0.5) is 0 Å². The molecule has 0 radical (unpaired) electrons. The minimum absolute atomic E-state index is 0.0712. The van der Waals surface area contributed by atoms with E-state index in [0.717, 1.165) is 5.69 Å². The maximum atomic E-state index is 12.2. The Bertz CT molecular complexity index is 473. The molecule has 2 N–H and O–H groups in total. The molecule has 2 aliphatic rings. The molecule has 108 valence electrons. The van der Waals surface area contributed by atoms with Crippen LogP contribution in [-0.2, 0) is 11.2 Å². The Morgan fingerprint density at radius 3 is 2.55 bits per heavy atom. The molecule has 5 nitrogen and oxygen atoms in total. The number of aromatic nitrogens is 1. The molecule has 2 heterocycles. The van der Waals surface area contributed by atoms with E-state index in [1.807, 2.05) is 23.1 Å². The summed E-state index contributed by atoms with van der Waals surface area (Å²) in [5, 5.41) is 19.8. The molecule has 5 heteroatoms. The fraction of sp³-hybridized carbons (Fsp3) is 0.600. The highest BCUT2D eigenvalue weighted by Gasteiger charge is 2.55. The summed E-state index contributed by atoms with van der Waals surface area (Å²) in [6, 6.07) is 5.56. The second-order valence-corrected chi connectivity index (χ2v) is 5.88. The van der Waals surface area contributed by atoms with Crippen LogP contribution < -0.4 is 0 Å². The Kier molecular flexibility index (Phi) is 3.48. The number of aliphatic hydroxyl groups excluding tert-OH is 2. The monoisotopic (exact) mass is 276 g/mol. The molecule has 1 aromatic heterocycles. The van der Waals surface area contributed by atoms with Gasteiger partial charge in [0.25, 0.3) is 0 Å². The van der Waals surface area contributed by atoms with Gasteiger partial charge in [0.1, 0.15) is 0 Å². The first kappa shape index (κ1) is 13.5. The van der Waals surface area contributed by atoms with E-state index in [0.29, 0.717) is 38.8 Å². The Hall–Kier alpha value is -1.46. The maximum Gasteiger partial charge on any atom is 0.228 e. The SMILES string of the molecule is O=C(Cc1ccccn1)N1CCC2(CC1)[C@H](O)C[C@@H]2O. The first-order valence-electron chi connectivity index (χ1n) is 7.16. The van der Waals surface area contributed by atoms with Crippen LogP contribution in [0.1, 0.15) is 25.0 Å². The number of hydrogen-bond donors (Lipinski definition) is 2. The largest absolute Gasteiger partial charge is 0.392 e. The fourth-order valence-corrected chi connectivity index (χ4v) is 3.35. The molecule has 0 unspecified atom stereocenters. The number of piperidine rings is 1. The molecule has 1 aromatic rings. The molecule has 1 saturated carbocycles. The van der Waals surface area contributed by atoms with Crippen molar-refractivity contribution >= 4 is 5.91 Å². The van der Waals surface area contributed by atoms with Crippen molar-refractivity contribution in [3.8, 4) is 0 Å². The van der Waals surface area contributed by atoms with Crippen LogP contribution in [0, 0.1) is 5.41 Å². The standard InChI is InChI=1S/C15H20N2O3/c18-12-10-13(19)15(12)4-7-17(8-5-15)14(20)9-11-3-1-2-6-16-11/h1-3,6,12-13,18-19H,4-5,7-10H2/t12-,13+. The summed E-state index contributed by atoms with van der Waals surface area (Å²) in [4.78, 5) is 18.2. The number of carbonyl (C=O) groups excluding carboxylic acids is 1. The second-order valence-electron chi connectivity index (χ2n) is 5.88. The number of likely N-dealkylation sites (tertiary alicyclic amines) is 1. The number of amides is 1. The van der Waals surface area contributed by atoms with Crippen LogP contribution in [0.25, 0.3) is 0 Å². The number of hydrogen-bond acceptors (Lipinski definition) is 4. The Balaban J connectivity index is 1.57. The Morgan fingerprint density at radius 2 is 2.00 bits per heavy atom. The average molecular weight is 276 g/mol. The zero-order valence-corrected chi connectivity index (χ0v) is 11.4. The molecule has 0 bridgehead atoms. The zero-order chi connectivity index (χ0) is 14.2. The molecule has 20 heavy (non-hydrogen) atoms. The normalized spacial score (nSPS) is 28.2. The molecule has 1 aliphatic carbocycles. The topological polar surface area (TPSA) is 73.7 Å². The molecule has 3 rings (SSSR count). The summed E-state index contributed by atoms with van der Waals surface area (Å²) >= 11 is 0. The third kappa shape index (κ3) is 2.21. The number of carbonyl (C=O) groups is 1. The lowest BCUT2D eigenvalue weighted by Crippen LogP contribution is -2.62. The van der Waals surface area contributed by atoms with E-state index in [4.69, 9.17) is 0 Å². The van der Waals surface area contributed by atoms with Gasteiger partial charge in [0, 0.05) is 36.8 Å². The molecule has 2 fully saturated rings. The lowest BCUT2D eigenvalue weighted by molar-refractivity contribution is -0.191. The van der Waals surface area contributed by atoms with Crippen LogP contribution in [0.5, 0.6) is 0 Å². The van der Waals surface area contributed by atoms with Crippen molar-refractivity contribution in [3.63, 3.8) is 0 Å². The van der Waals surface area contributed by atoms with Gasteiger partial charge in [0.05, 0.1) is 18.6 Å². The van der Waals surface area contributed by atoms with Crippen LogP contribution in [0.3, 0.4) is 0 Å². The van der Waals surface area contributed by atoms with Crippen molar-refractivity contribution in [2.75, 3.05) is 13.1 Å². The van der Waals surface area contributed by atoms with Gasteiger partial charge in [0.15, 0.2) is 0 Å². The molecule has 0 aromatic carbocycles. The van der Waals surface area contributed by atoms with Crippen LogP contribution in [-0.4, -0.2) is 51.3 Å². The summed E-state index contributed by atoms with van der Waals surface area (Å²) in [5.41, 5.74) is 0.420. The average Bonchev–Trinajstić information content (AvgIpc) is 2.48. The van der Waals surface area contributed by atoms with E-state index in [1.165, 1.54) is 0 Å². The van der Waals surface area contributed by atoms with Gasteiger partial charge in [0.2, 0.25) is 5.91 Å². The Labute approximate surface area is 118 Å². The third-order valence-corrected chi connectivity index (χ3v) is 4.88. The third-order valence-electron chi connectivity index (χ3n) is 4.88. The molecule has 1 amide bonds. The highest BCUT2D eigenvalue weighted by Crippen LogP contribution is 2.49. The summed E-state index contributed by atoms with van der Waals surface area (Å²) in [6.07, 6.45) is 3.03. The van der Waals surface area contributed by atoms with Gasteiger partial charge in [-0.25, -0.2) is 0 Å². The predicted octanol–water partition coefficient (Wildman–Crippen LogP) is 0.358. The summed E-state index contributed by atoms with van der Waals surface area (Å²) in [5.74, 6) is 0.0712. The minimum Gasteiger partial charge on any atom is -0.392 e. The zero-order valence-electron chi connectivity index (χ0n) is 11.4. The molecule has 1 aliphatic heterocycles. The van der Waals surface area contributed by atoms with Gasteiger partial charge in [-0.2, -0.15) is 0 Å². The van der Waals surface area contributed by atoms with Crippen LogP contribution >= 0.6 is 0 Å². The summed E-state index contributed by atoms with van der Waals surface area (Å²) < 4.78 is 0. The lowest BCUT2D eigenvalue weighted by atomic mass is 9.58. The molecule has 2 atom stereocenters.